The minimum atomic E-state index is -0.230. The van der Waals surface area contributed by atoms with E-state index in [0.29, 0.717) is 11.9 Å². The molecule has 0 aromatic carbocycles. The molecule has 4 N–H and O–H groups in total. The smallest absolute Gasteiger partial charge is 0.144 e. The standard InChI is InChI=1S/C12H25N3O/c1-9-4-5-10(8-9)14-7-6-12(2,3)11(13)15-16/h9-10,14,16H,4-8H2,1-3H3,(H2,13,15). The van der Waals surface area contributed by atoms with E-state index in [1.165, 1.54) is 19.3 Å². The van der Waals surface area contributed by atoms with Crippen LogP contribution in [0, 0.1) is 11.3 Å². The molecule has 0 spiro atoms. The van der Waals surface area contributed by atoms with Crippen molar-refractivity contribution in [2.45, 2.75) is 52.5 Å². The minimum absolute atomic E-state index is 0.230. The minimum Gasteiger partial charge on any atom is -0.409 e. The van der Waals surface area contributed by atoms with Gasteiger partial charge in [0.15, 0.2) is 0 Å². The third-order valence-corrected chi connectivity index (χ3v) is 3.68. The van der Waals surface area contributed by atoms with Crippen molar-refractivity contribution in [2.75, 3.05) is 6.54 Å². The molecule has 1 rings (SSSR count). The summed E-state index contributed by atoms with van der Waals surface area (Å²) >= 11 is 0. The van der Waals surface area contributed by atoms with Crippen LogP contribution in [0.3, 0.4) is 0 Å². The average Bonchev–Trinajstić information content (AvgIpc) is 2.62. The maximum absolute atomic E-state index is 8.66. The van der Waals surface area contributed by atoms with Gasteiger partial charge in [-0.05, 0) is 38.1 Å². The number of nitrogens with two attached hydrogens (primary N) is 1. The molecule has 0 heterocycles. The van der Waals surface area contributed by atoms with E-state index in [1.807, 2.05) is 13.8 Å². The van der Waals surface area contributed by atoms with E-state index in [2.05, 4.69) is 17.4 Å². The van der Waals surface area contributed by atoms with Gasteiger partial charge in [0.05, 0.1) is 0 Å². The Balaban J connectivity index is 2.25. The maximum atomic E-state index is 8.66. The molecule has 4 nitrogen and oxygen atoms in total. The van der Waals surface area contributed by atoms with Crippen molar-refractivity contribution in [3.63, 3.8) is 0 Å². The quantitative estimate of drug-likeness (QED) is 0.291. The summed E-state index contributed by atoms with van der Waals surface area (Å²) in [5.74, 6) is 1.17. The number of amidine groups is 1. The molecule has 1 saturated carbocycles. The lowest BCUT2D eigenvalue weighted by atomic mass is 9.88. The second kappa shape index (κ2) is 5.53. The summed E-state index contributed by atoms with van der Waals surface area (Å²) in [5, 5.41) is 15.3. The summed E-state index contributed by atoms with van der Waals surface area (Å²) in [6, 6.07) is 0.665. The van der Waals surface area contributed by atoms with E-state index in [1.54, 1.807) is 0 Å². The lowest BCUT2D eigenvalue weighted by Gasteiger charge is -2.24. The SMILES string of the molecule is CC1CCC(NCCC(C)(C)C(N)=NO)C1. The Morgan fingerprint density at radius 1 is 1.50 bits per heavy atom. The number of nitrogens with zero attached hydrogens (tertiary/aromatic N) is 1. The van der Waals surface area contributed by atoms with Gasteiger partial charge in [0.1, 0.15) is 5.84 Å². The monoisotopic (exact) mass is 227 g/mol. The van der Waals surface area contributed by atoms with Crippen molar-refractivity contribution < 1.29 is 5.21 Å². The number of oxime groups is 1. The highest BCUT2D eigenvalue weighted by molar-refractivity contribution is 5.85. The van der Waals surface area contributed by atoms with Crippen molar-refractivity contribution in [1.82, 2.24) is 5.32 Å². The summed E-state index contributed by atoms with van der Waals surface area (Å²) in [6.07, 6.45) is 4.80. The first kappa shape index (κ1) is 13.3. The van der Waals surface area contributed by atoms with Crippen LogP contribution in [0.2, 0.25) is 0 Å². The van der Waals surface area contributed by atoms with Crippen LogP contribution in [0.1, 0.15) is 46.5 Å². The van der Waals surface area contributed by atoms with Crippen LogP contribution in [0.15, 0.2) is 5.16 Å². The first-order chi connectivity index (χ1) is 7.45. The Kier molecular flexibility index (Phi) is 4.59. The van der Waals surface area contributed by atoms with Crippen LogP contribution in [0.25, 0.3) is 0 Å². The van der Waals surface area contributed by atoms with E-state index >= 15 is 0 Å². The number of hydrogen-bond acceptors (Lipinski definition) is 3. The average molecular weight is 227 g/mol. The normalized spacial score (nSPS) is 27.3. The van der Waals surface area contributed by atoms with Gasteiger partial charge in [0.2, 0.25) is 0 Å². The highest BCUT2D eigenvalue weighted by Gasteiger charge is 2.25. The van der Waals surface area contributed by atoms with Gasteiger partial charge < -0.3 is 16.3 Å². The molecule has 1 aliphatic rings. The number of hydrogen-bond donors (Lipinski definition) is 3. The van der Waals surface area contributed by atoms with Crippen molar-refractivity contribution in [3.05, 3.63) is 0 Å². The Morgan fingerprint density at radius 2 is 2.19 bits per heavy atom. The van der Waals surface area contributed by atoms with Crippen molar-refractivity contribution in [2.24, 2.45) is 22.2 Å². The molecule has 0 radical (unpaired) electrons. The van der Waals surface area contributed by atoms with Crippen LogP contribution >= 0.6 is 0 Å². The molecule has 0 saturated heterocycles. The van der Waals surface area contributed by atoms with Gasteiger partial charge in [0.25, 0.3) is 0 Å². The largest absolute Gasteiger partial charge is 0.409 e. The molecule has 2 unspecified atom stereocenters. The summed E-state index contributed by atoms with van der Waals surface area (Å²) < 4.78 is 0. The van der Waals surface area contributed by atoms with Gasteiger partial charge >= 0.3 is 0 Å². The molecule has 94 valence electrons. The Hall–Kier alpha value is -0.770. The van der Waals surface area contributed by atoms with E-state index in [9.17, 15) is 0 Å². The molecule has 0 aromatic rings. The maximum Gasteiger partial charge on any atom is 0.144 e. The highest BCUT2D eigenvalue weighted by atomic mass is 16.4. The van der Waals surface area contributed by atoms with Gasteiger partial charge in [-0.2, -0.15) is 0 Å². The second-order valence-electron chi connectivity index (χ2n) is 5.69. The topological polar surface area (TPSA) is 70.6 Å². The highest BCUT2D eigenvalue weighted by Crippen LogP contribution is 2.25. The van der Waals surface area contributed by atoms with Crippen molar-refractivity contribution in [1.29, 1.82) is 0 Å². The molecular formula is C12H25N3O. The van der Waals surface area contributed by atoms with Crippen molar-refractivity contribution >= 4 is 5.84 Å². The third kappa shape index (κ3) is 3.67. The van der Waals surface area contributed by atoms with Crippen LogP contribution < -0.4 is 11.1 Å². The Bertz CT molecular complexity index is 251. The fraction of sp³-hybridized carbons (Fsp3) is 0.917. The van der Waals surface area contributed by atoms with Crippen LogP contribution in [0.4, 0.5) is 0 Å². The van der Waals surface area contributed by atoms with Gasteiger partial charge in [-0.25, -0.2) is 0 Å². The zero-order chi connectivity index (χ0) is 12.2. The van der Waals surface area contributed by atoms with Gasteiger partial charge in [-0.3, -0.25) is 0 Å². The van der Waals surface area contributed by atoms with Gasteiger partial charge in [-0.15, -0.1) is 0 Å². The first-order valence-electron chi connectivity index (χ1n) is 6.17. The van der Waals surface area contributed by atoms with Crippen LogP contribution in [0.5, 0.6) is 0 Å². The fourth-order valence-corrected chi connectivity index (χ4v) is 2.24. The molecule has 0 aromatic heterocycles. The molecule has 2 atom stereocenters. The lowest BCUT2D eigenvalue weighted by molar-refractivity contribution is 0.304. The predicted octanol–water partition coefficient (Wildman–Crippen LogP) is 1.93. The molecule has 0 bridgehead atoms. The molecule has 4 heteroatoms. The summed E-state index contributed by atoms with van der Waals surface area (Å²) in [7, 11) is 0. The van der Waals surface area contributed by atoms with Crippen LogP contribution in [-0.2, 0) is 0 Å². The van der Waals surface area contributed by atoms with Gasteiger partial charge in [-0.1, -0.05) is 25.9 Å². The van der Waals surface area contributed by atoms with E-state index in [-0.39, 0.29) is 5.41 Å². The predicted molar refractivity (Wildman–Crippen MR) is 66.6 cm³/mol. The molecule has 16 heavy (non-hydrogen) atoms. The Morgan fingerprint density at radius 3 is 2.69 bits per heavy atom. The van der Waals surface area contributed by atoms with E-state index in [0.717, 1.165) is 18.9 Å². The van der Waals surface area contributed by atoms with E-state index in [4.69, 9.17) is 10.9 Å². The number of nitrogens with one attached hydrogen (secondary N) is 1. The third-order valence-electron chi connectivity index (χ3n) is 3.68. The molecule has 1 aliphatic carbocycles. The zero-order valence-corrected chi connectivity index (χ0v) is 10.7. The zero-order valence-electron chi connectivity index (χ0n) is 10.7. The lowest BCUT2D eigenvalue weighted by Crippen LogP contribution is -2.37. The van der Waals surface area contributed by atoms with Crippen LogP contribution in [-0.4, -0.2) is 23.6 Å². The molecule has 1 fully saturated rings. The second-order valence-corrected chi connectivity index (χ2v) is 5.69. The summed E-state index contributed by atoms with van der Waals surface area (Å²) in [5.41, 5.74) is 5.41. The summed E-state index contributed by atoms with van der Waals surface area (Å²) in [6.45, 7) is 7.24. The Labute approximate surface area is 98.3 Å². The summed E-state index contributed by atoms with van der Waals surface area (Å²) in [4.78, 5) is 0. The van der Waals surface area contributed by atoms with Crippen molar-refractivity contribution in [3.8, 4) is 0 Å². The molecule has 0 amide bonds. The number of rotatable bonds is 5. The molecule has 0 aliphatic heterocycles. The fourth-order valence-electron chi connectivity index (χ4n) is 2.24. The van der Waals surface area contributed by atoms with Gasteiger partial charge in [0, 0.05) is 11.5 Å². The first-order valence-corrected chi connectivity index (χ1v) is 6.17. The van der Waals surface area contributed by atoms with E-state index < -0.39 is 0 Å². The molecular weight excluding hydrogens is 202 g/mol.